The number of nitrogens with one attached hydrogen (secondary N) is 1. The van der Waals surface area contributed by atoms with Gasteiger partial charge < -0.3 is 24.3 Å². The van der Waals surface area contributed by atoms with Crippen molar-refractivity contribution in [2.75, 3.05) is 31.7 Å². The molecule has 1 amide bonds. The summed E-state index contributed by atoms with van der Waals surface area (Å²) in [5, 5.41) is 7.53. The van der Waals surface area contributed by atoms with Crippen LogP contribution in [0.5, 0.6) is 17.2 Å². The van der Waals surface area contributed by atoms with Gasteiger partial charge in [0, 0.05) is 5.69 Å². The second-order valence-electron chi connectivity index (χ2n) is 6.29. The smallest absolute Gasteiger partial charge is 0.338 e. The molecule has 32 heavy (non-hydrogen) atoms. The second kappa shape index (κ2) is 11.3. The number of ether oxygens (including phenoxy) is 4. The zero-order valence-corrected chi connectivity index (χ0v) is 18.9. The van der Waals surface area contributed by atoms with Crippen LogP contribution >= 0.6 is 0 Å². The van der Waals surface area contributed by atoms with Crippen molar-refractivity contribution in [1.82, 2.24) is 0 Å². The molecule has 0 heterocycles. The third kappa shape index (κ3) is 6.86. The molecule has 0 fully saturated rings. The minimum Gasteiger partial charge on any atom is -0.490 e. The Bertz CT molecular complexity index is 1020. The molecule has 0 aliphatic rings. The van der Waals surface area contributed by atoms with Crippen LogP contribution in [0.4, 0.5) is 5.69 Å². The van der Waals surface area contributed by atoms with Gasteiger partial charge in [0.15, 0.2) is 18.1 Å². The predicted molar refractivity (Wildman–Crippen MR) is 117 cm³/mol. The maximum Gasteiger partial charge on any atom is 0.338 e. The highest BCUT2D eigenvalue weighted by molar-refractivity contribution is 7.89. The van der Waals surface area contributed by atoms with Crippen LogP contribution in [-0.2, 0) is 19.6 Å². The molecule has 0 spiro atoms. The molecule has 0 aromatic heterocycles. The number of benzene rings is 2. The fourth-order valence-corrected chi connectivity index (χ4v) is 3.16. The van der Waals surface area contributed by atoms with Gasteiger partial charge >= 0.3 is 5.97 Å². The van der Waals surface area contributed by atoms with E-state index >= 15 is 0 Å². The summed E-state index contributed by atoms with van der Waals surface area (Å²) in [5.74, 6) is -0.330. The molecular weight excluding hydrogens is 440 g/mol. The molecule has 0 bridgehead atoms. The Morgan fingerprint density at radius 1 is 0.906 bits per heavy atom. The summed E-state index contributed by atoms with van der Waals surface area (Å²) >= 11 is 0. The van der Waals surface area contributed by atoms with Crippen molar-refractivity contribution in [2.24, 2.45) is 5.14 Å². The van der Waals surface area contributed by atoms with E-state index in [1.807, 2.05) is 6.92 Å². The number of carbonyl (C=O) groups excluding carboxylic acids is 2. The third-order valence-corrected chi connectivity index (χ3v) is 4.88. The number of amides is 1. The van der Waals surface area contributed by atoms with Gasteiger partial charge in [-0.1, -0.05) is 0 Å². The Labute approximate surface area is 186 Å². The van der Waals surface area contributed by atoms with E-state index in [-0.39, 0.29) is 10.5 Å². The summed E-state index contributed by atoms with van der Waals surface area (Å²) in [6.45, 7) is 5.91. The fraction of sp³-hybridized carbons (Fsp3) is 0.333. The molecule has 0 unspecified atom stereocenters. The van der Waals surface area contributed by atoms with Crippen LogP contribution < -0.4 is 24.7 Å². The molecule has 0 atom stereocenters. The molecule has 0 aliphatic heterocycles. The van der Waals surface area contributed by atoms with Gasteiger partial charge in [-0.2, -0.15) is 0 Å². The molecule has 0 radical (unpaired) electrons. The number of anilines is 1. The van der Waals surface area contributed by atoms with Crippen molar-refractivity contribution in [1.29, 1.82) is 0 Å². The molecule has 3 N–H and O–H groups in total. The third-order valence-electron chi connectivity index (χ3n) is 3.95. The lowest BCUT2D eigenvalue weighted by Gasteiger charge is -2.16. The first kappa shape index (κ1) is 25.0. The highest BCUT2D eigenvalue weighted by Crippen LogP contribution is 2.39. The van der Waals surface area contributed by atoms with Gasteiger partial charge in [-0.05, 0) is 57.2 Å². The average Bonchev–Trinajstić information content (AvgIpc) is 2.74. The van der Waals surface area contributed by atoms with Crippen molar-refractivity contribution in [3.8, 4) is 17.2 Å². The number of hydrogen-bond acceptors (Lipinski definition) is 8. The summed E-state index contributed by atoms with van der Waals surface area (Å²) in [6, 6.07) is 8.17. The van der Waals surface area contributed by atoms with Crippen LogP contribution in [0.25, 0.3) is 0 Å². The Balaban J connectivity index is 2.08. The number of carbonyl (C=O) groups is 2. The van der Waals surface area contributed by atoms with Gasteiger partial charge in [0.2, 0.25) is 15.8 Å². The van der Waals surface area contributed by atoms with Crippen molar-refractivity contribution in [3.05, 3.63) is 42.0 Å². The number of sulfonamides is 1. The van der Waals surface area contributed by atoms with Gasteiger partial charge in [-0.15, -0.1) is 0 Å². The predicted octanol–water partition coefficient (Wildman–Crippen LogP) is 2.33. The number of esters is 1. The largest absolute Gasteiger partial charge is 0.490 e. The summed E-state index contributed by atoms with van der Waals surface area (Å²) in [6.07, 6.45) is 0. The lowest BCUT2D eigenvalue weighted by Crippen LogP contribution is -2.21. The van der Waals surface area contributed by atoms with Crippen LogP contribution in [0.15, 0.2) is 41.3 Å². The highest BCUT2D eigenvalue weighted by atomic mass is 32.2. The molecule has 0 saturated carbocycles. The van der Waals surface area contributed by atoms with Gasteiger partial charge in [-0.3, -0.25) is 4.79 Å². The normalized spacial score (nSPS) is 10.9. The molecule has 2 aromatic carbocycles. The molecule has 2 rings (SSSR count). The molecule has 0 saturated heterocycles. The van der Waals surface area contributed by atoms with Crippen LogP contribution in [0, 0.1) is 0 Å². The summed E-state index contributed by atoms with van der Waals surface area (Å²) < 4.78 is 44.3. The monoisotopic (exact) mass is 466 g/mol. The SMILES string of the molecule is CCOc1cc(C(=O)OCC(=O)Nc2ccc(S(N)(=O)=O)cc2)cc(OCC)c1OCC. The maximum absolute atomic E-state index is 12.5. The first-order chi connectivity index (χ1) is 15.2. The van der Waals surface area contributed by atoms with Crippen LogP contribution in [0.1, 0.15) is 31.1 Å². The maximum atomic E-state index is 12.5. The number of primary sulfonamides is 1. The van der Waals surface area contributed by atoms with Crippen LogP contribution in [-0.4, -0.2) is 46.7 Å². The number of rotatable bonds is 11. The quantitative estimate of drug-likeness (QED) is 0.480. The molecule has 10 nitrogen and oxygen atoms in total. The van der Waals surface area contributed by atoms with E-state index in [0.29, 0.717) is 42.8 Å². The van der Waals surface area contributed by atoms with Gasteiger partial charge in [-0.25, -0.2) is 18.4 Å². The molecule has 174 valence electrons. The number of hydrogen-bond donors (Lipinski definition) is 2. The van der Waals surface area contributed by atoms with E-state index in [1.54, 1.807) is 13.8 Å². The zero-order valence-electron chi connectivity index (χ0n) is 18.0. The Morgan fingerprint density at radius 2 is 1.44 bits per heavy atom. The Kier molecular flexibility index (Phi) is 8.85. The lowest BCUT2D eigenvalue weighted by molar-refractivity contribution is -0.119. The van der Waals surface area contributed by atoms with E-state index in [9.17, 15) is 18.0 Å². The van der Waals surface area contributed by atoms with Gasteiger partial charge in [0.25, 0.3) is 5.91 Å². The van der Waals surface area contributed by atoms with E-state index in [2.05, 4.69) is 5.32 Å². The first-order valence-electron chi connectivity index (χ1n) is 9.85. The number of nitrogens with two attached hydrogens (primary N) is 1. The van der Waals surface area contributed by atoms with Gasteiger partial charge in [0.1, 0.15) is 0 Å². The van der Waals surface area contributed by atoms with E-state index in [4.69, 9.17) is 24.1 Å². The van der Waals surface area contributed by atoms with E-state index in [0.717, 1.165) is 0 Å². The second-order valence-corrected chi connectivity index (χ2v) is 7.86. The van der Waals surface area contributed by atoms with Crippen molar-refractivity contribution in [3.63, 3.8) is 0 Å². The van der Waals surface area contributed by atoms with E-state index < -0.39 is 28.5 Å². The van der Waals surface area contributed by atoms with Crippen LogP contribution in [0.2, 0.25) is 0 Å². The molecular formula is C21H26N2O8S. The summed E-state index contributed by atoms with van der Waals surface area (Å²) in [7, 11) is -3.83. The fourth-order valence-electron chi connectivity index (χ4n) is 2.65. The first-order valence-corrected chi connectivity index (χ1v) is 11.4. The van der Waals surface area contributed by atoms with Crippen LogP contribution in [0.3, 0.4) is 0 Å². The van der Waals surface area contributed by atoms with Crippen molar-refractivity contribution < 1.29 is 37.0 Å². The van der Waals surface area contributed by atoms with Gasteiger partial charge in [0.05, 0.1) is 30.3 Å². The van der Waals surface area contributed by atoms with Crippen molar-refractivity contribution >= 4 is 27.6 Å². The Hall–Kier alpha value is -3.31. The minimum absolute atomic E-state index is 0.0902. The summed E-state index contributed by atoms with van der Waals surface area (Å²) in [4.78, 5) is 24.5. The summed E-state index contributed by atoms with van der Waals surface area (Å²) in [5.41, 5.74) is 0.447. The highest BCUT2D eigenvalue weighted by Gasteiger charge is 2.20. The van der Waals surface area contributed by atoms with Crippen molar-refractivity contribution in [2.45, 2.75) is 25.7 Å². The zero-order chi connectivity index (χ0) is 23.7. The van der Waals surface area contributed by atoms with E-state index in [1.165, 1.54) is 36.4 Å². The minimum atomic E-state index is -3.83. The lowest BCUT2D eigenvalue weighted by atomic mass is 10.2. The topological polar surface area (TPSA) is 143 Å². The molecule has 11 heteroatoms. The molecule has 2 aromatic rings. The standard InChI is InChI=1S/C21H26N2O8S/c1-4-28-17-11-14(12-18(29-5-2)20(17)30-6-3)21(25)31-13-19(24)23-15-7-9-16(10-8-15)32(22,26)27/h7-12H,4-6,13H2,1-3H3,(H,23,24)(H2,22,26,27). The molecule has 0 aliphatic carbocycles. The average molecular weight is 467 g/mol. The Morgan fingerprint density at radius 3 is 1.91 bits per heavy atom.